The first-order valence-electron chi connectivity index (χ1n) is 6.71. The van der Waals surface area contributed by atoms with Crippen molar-refractivity contribution in [3.8, 4) is 5.75 Å². The number of allylic oxidation sites excluding steroid dienone is 1. The molecule has 0 heterocycles. The Balaban J connectivity index is 2.11. The van der Waals surface area contributed by atoms with E-state index in [4.69, 9.17) is 11.6 Å². The number of rotatable bonds is 6. The van der Waals surface area contributed by atoms with Crippen LogP contribution >= 0.6 is 11.6 Å². The zero-order valence-corrected chi connectivity index (χ0v) is 12.8. The monoisotopic (exact) mass is 358 g/mol. The lowest BCUT2D eigenvalue weighted by molar-refractivity contribution is -0.253. The molecule has 2 rings (SSSR count). The van der Waals surface area contributed by atoms with Crippen LogP contribution in [0.15, 0.2) is 54.6 Å². The number of hydrogen-bond acceptors (Lipinski definition) is 2. The highest BCUT2D eigenvalue weighted by molar-refractivity contribution is 6.30. The third kappa shape index (κ3) is 4.83. The molecule has 7 heteroatoms. The Labute approximate surface area is 140 Å². The van der Waals surface area contributed by atoms with Crippen LogP contribution in [0, 0.1) is 0 Å². The molecule has 0 bridgehead atoms. The van der Waals surface area contributed by atoms with Gasteiger partial charge in [0.25, 0.3) is 0 Å². The Morgan fingerprint density at radius 1 is 1.12 bits per heavy atom. The molecule has 0 fully saturated rings. The molecule has 0 saturated heterocycles. The third-order valence-corrected chi connectivity index (χ3v) is 3.17. The molecule has 0 aromatic heterocycles. The summed E-state index contributed by atoms with van der Waals surface area (Å²) in [5.74, 6) is -0.753. The van der Waals surface area contributed by atoms with E-state index in [9.17, 15) is 22.4 Å². The van der Waals surface area contributed by atoms with Gasteiger partial charge < -0.3 is 4.74 Å². The standard InChI is InChI=1S/C17H11ClF4O2/c18-13-7-5-12(6-8-13)15(23)9-4-11-2-1-3-14(10-11)24-17(21,22)16(19)20/h1-10,16H/b9-4+. The number of halogens is 5. The molecular formula is C17H11ClF4O2. The number of ether oxygens (including phenoxy) is 1. The van der Waals surface area contributed by atoms with Crippen LogP contribution in [0.3, 0.4) is 0 Å². The maximum Gasteiger partial charge on any atom is 0.461 e. The number of benzene rings is 2. The minimum atomic E-state index is -4.58. The lowest BCUT2D eigenvalue weighted by atomic mass is 10.1. The van der Waals surface area contributed by atoms with Crippen LogP contribution in [0.25, 0.3) is 6.08 Å². The van der Waals surface area contributed by atoms with Gasteiger partial charge in [0.1, 0.15) is 5.75 Å². The van der Waals surface area contributed by atoms with Gasteiger partial charge >= 0.3 is 12.5 Å². The van der Waals surface area contributed by atoms with Crippen molar-refractivity contribution >= 4 is 23.5 Å². The smallest absolute Gasteiger partial charge is 0.428 e. The molecule has 0 aliphatic rings. The van der Waals surface area contributed by atoms with Crippen molar-refractivity contribution in [2.45, 2.75) is 12.5 Å². The topological polar surface area (TPSA) is 26.3 Å². The Kier molecular flexibility index (Phi) is 5.62. The average Bonchev–Trinajstić information content (AvgIpc) is 2.53. The molecule has 0 unspecified atom stereocenters. The SMILES string of the molecule is O=C(/C=C/c1cccc(OC(F)(F)C(F)F)c1)c1ccc(Cl)cc1. The molecular weight excluding hydrogens is 348 g/mol. The molecule has 126 valence electrons. The Bertz CT molecular complexity index is 743. The summed E-state index contributed by atoms with van der Waals surface area (Å²) in [5, 5.41) is 0.486. The van der Waals surface area contributed by atoms with E-state index >= 15 is 0 Å². The highest BCUT2D eigenvalue weighted by atomic mass is 35.5. The number of ketones is 1. The molecule has 0 aliphatic carbocycles. The van der Waals surface area contributed by atoms with Crippen molar-refractivity contribution in [2.75, 3.05) is 0 Å². The van der Waals surface area contributed by atoms with Crippen LogP contribution in [0.5, 0.6) is 5.75 Å². The molecule has 0 atom stereocenters. The highest BCUT2D eigenvalue weighted by Gasteiger charge is 2.43. The fourth-order valence-electron chi connectivity index (χ4n) is 1.77. The molecule has 0 radical (unpaired) electrons. The zero-order valence-electron chi connectivity index (χ0n) is 12.1. The first-order chi connectivity index (χ1) is 11.3. The lowest BCUT2D eigenvalue weighted by Gasteiger charge is -2.16. The maximum absolute atomic E-state index is 12.9. The summed E-state index contributed by atoms with van der Waals surface area (Å²) in [6.45, 7) is 0. The van der Waals surface area contributed by atoms with Gasteiger partial charge in [0.2, 0.25) is 0 Å². The van der Waals surface area contributed by atoms with Crippen molar-refractivity contribution in [3.05, 3.63) is 70.8 Å². The van der Waals surface area contributed by atoms with E-state index in [0.29, 0.717) is 16.1 Å². The van der Waals surface area contributed by atoms with E-state index in [0.717, 1.165) is 12.1 Å². The van der Waals surface area contributed by atoms with Gasteiger partial charge in [0, 0.05) is 10.6 Å². The Morgan fingerprint density at radius 3 is 2.42 bits per heavy atom. The van der Waals surface area contributed by atoms with Crippen LogP contribution in [-0.2, 0) is 0 Å². The van der Waals surface area contributed by atoms with Gasteiger partial charge in [-0.2, -0.15) is 17.6 Å². The van der Waals surface area contributed by atoms with Gasteiger partial charge in [0.15, 0.2) is 5.78 Å². The summed E-state index contributed by atoms with van der Waals surface area (Å²) in [4.78, 5) is 12.0. The van der Waals surface area contributed by atoms with Crippen LogP contribution in [0.2, 0.25) is 5.02 Å². The van der Waals surface area contributed by atoms with Crippen LogP contribution < -0.4 is 4.74 Å². The normalized spacial score (nSPS) is 11.9. The van der Waals surface area contributed by atoms with Crippen LogP contribution in [0.4, 0.5) is 17.6 Å². The minimum absolute atomic E-state index is 0.323. The van der Waals surface area contributed by atoms with Crippen molar-refractivity contribution in [1.29, 1.82) is 0 Å². The second-order valence-electron chi connectivity index (χ2n) is 4.74. The molecule has 2 nitrogen and oxygen atoms in total. The molecule has 2 aromatic carbocycles. The summed E-state index contributed by atoms with van der Waals surface area (Å²) in [5.41, 5.74) is 0.743. The van der Waals surface area contributed by atoms with Crippen molar-refractivity contribution < 1.29 is 27.1 Å². The van der Waals surface area contributed by atoms with E-state index < -0.39 is 18.3 Å². The van der Waals surface area contributed by atoms with Gasteiger partial charge in [-0.1, -0.05) is 29.8 Å². The van der Waals surface area contributed by atoms with Crippen LogP contribution in [-0.4, -0.2) is 18.3 Å². The quantitative estimate of drug-likeness (QED) is 0.388. The Morgan fingerprint density at radius 2 is 1.79 bits per heavy atom. The second-order valence-corrected chi connectivity index (χ2v) is 5.18. The van der Waals surface area contributed by atoms with Crippen molar-refractivity contribution in [2.24, 2.45) is 0 Å². The maximum atomic E-state index is 12.9. The van der Waals surface area contributed by atoms with Gasteiger partial charge in [-0.15, -0.1) is 0 Å². The first-order valence-corrected chi connectivity index (χ1v) is 7.09. The average molecular weight is 359 g/mol. The molecule has 0 saturated carbocycles. The van der Waals surface area contributed by atoms with Gasteiger partial charge in [-0.05, 0) is 48.0 Å². The molecule has 0 amide bonds. The fraction of sp³-hybridized carbons (Fsp3) is 0.118. The zero-order chi connectivity index (χ0) is 17.7. The van der Waals surface area contributed by atoms with E-state index in [1.54, 1.807) is 12.1 Å². The number of carbonyl (C=O) groups excluding carboxylic acids is 1. The third-order valence-electron chi connectivity index (χ3n) is 2.92. The van der Waals surface area contributed by atoms with Gasteiger partial charge in [-0.25, -0.2) is 0 Å². The molecule has 0 spiro atoms. The molecule has 2 aromatic rings. The number of alkyl halides is 4. The summed E-state index contributed by atoms with van der Waals surface area (Å²) in [7, 11) is 0. The predicted molar refractivity (Wildman–Crippen MR) is 82.8 cm³/mol. The summed E-state index contributed by atoms with van der Waals surface area (Å²) < 4.78 is 54.0. The fourth-order valence-corrected chi connectivity index (χ4v) is 1.89. The van der Waals surface area contributed by atoms with E-state index in [1.165, 1.54) is 36.4 Å². The first kappa shape index (κ1) is 18.0. The Hall–Kier alpha value is -2.34. The summed E-state index contributed by atoms with van der Waals surface area (Å²) >= 11 is 5.72. The lowest BCUT2D eigenvalue weighted by Crippen LogP contribution is -2.33. The second kappa shape index (κ2) is 7.49. The highest BCUT2D eigenvalue weighted by Crippen LogP contribution is 2.28. The predicted octanol–water partition coefficient (Wildman–Crippen LogP) is 5.47. The molecule has 0 N–H and O–H groups in total. The van der Waals surface area contributed by atoms with Crippen molar-refractivity contribution in [3.63, 3.8) is 0 Å². The van der Waals surface area contributed by atoms with Crippen LogP contribution in [0.1, 0.15) is 15.9 Å². The van der Waals surface area contributed by atoms with Gasteiger partial charge in [0.05, 0.1) is 0 Å². The van der Waals surface area contributed by atoms with Crippen molar-refractivity contribution in [1.82, 2.24) is 0 Å². The summed E-state index contributed by atoms with van der Waals surface area (Å²) in [6, 6.07) is 11.3. The van der Waals surface area contributed by atoms with Gasteiger partial charge in [-0.3, -0.25) is 4.79 Å². The largest absolute Gasteiger partial charge is 0.461 e. The minimum Gasteiger partial charge on any atom is -0.428 e. The molecule has 0 aliphatic heterocycles. The molecule has 24 heavy (non-hydrogen) atoms. The summed E-state index contributed by atoms with van der Waals surface area (Å²) in [6.07, 6.45) is -5.93. The van der Waals surface area contributed by atoms with E-state index in [-0.39, 0.29) is 5.78 Å². The van der Waals surface area contributed by atoms with E-state index in [1.807, 2.05) is 0 Å². The number of carbonyl (C=O) groups is 1. The number of hydrogen-bond donors (Lipinski definition) is 0. The van der Waals surface area contributed by atoms with E-state index in [2.05, 4.69) is 4.74 Å².